The molecule has 0 saturated carbocycles. The maximum Gasteiger partial charge on any atom is 0.431 e. The van der Waals surface area contributed by atoms with E-state index < -0.39 is 23.7 Å². The third-order valence-corrected chi connectivity index (χ3v) is 13.5. The molecular weight excluding hydrogens is 1810 g/mol. The van der Waals surface area contributed by atoms with Crippen LogP contribution in [0.15, 0.2) is 159 Å². The summed E-state index contributed by atoms with van der Waals surface area (Å²) < 4.78 is 79.3. The molecule has 0 spiro atoms. The molecule has 3 aliphatic rings. The van der Waals surface area contributed by atoms with Gasteiger partial charge in [0.1, 0.15) is 28.9 Å². The summed E-state index contributed by atoms with van der Waals surface area (Å²) in [5, 5.41) is 20.9. The molecule has 3 aromatic carbocycles. The van der Waals surface area contributed by atoms with Crippen molar-refractivity contribution in [1.82, 2.24) is 99.0 Å². The van der Waals surface area contributed by atoms with E-state index in [1.807, 2.05) is 166 Å². The molecule has 3 aliphatic heterocycles. The number of halogens is 6. The van der Waals surface area contributed by atoms with E-state index in [9.17, 15) is 26.3 Å². The van der Waals surface area contributed by atoms with Crippen molar-refractivity contribution < 1.29 is 89.5 Å². The van der Waals surface area contributed by atoms with Crippen molar-refractivity contribution in [1.29, 1.82) is 0 Å². The monoisotopic (exact) mass is 1860 g/mol. The first-order chi connectivity index (χ1) is 45.1. The SMILES string of the molecule is Cc1n[c-]c(N2C=CN(C)[CH-]2)cn1.Cc1n[c-]c(N2[CH-]N(C)c3ccccc32)cn1.Cc1n[c-]c(N2[CH-]N(C)c3ccccc32)cn1.Cc1n[n-]c(-c2nccn2C)n1.Cn1ccnc1-c1cc(C(F)(F)F)n[n-]1.FC(F)(F)c1cc(-c2nccn2-c2ccccc2)[n-]n1.[Pt].[Pt].[Pt]. The van der Waals surface area contributed by atoms with Crippen molar-refractivity contribution in [3.05, 3.63) is 232 Å². The molecule has 15 rings (SSSR count). The quantitative estimate of drug-likeness (QED) is 0.106. The number of hydrogen-bond acceptors (Lipinski definition) is 19. The van der Waals surface area contributed by atoms with E-state index in [4.69, 9.17) is 0 Å². The number of rotatable bonds is 7. The Morgan fingerprint density at radius 2 is 0.876 bits per heavy atom. The third kappa shape index (κ3) is 18.9. The van der Waals surface area contributed by atoms with Crippen LogP contribution >= 0.6 is 0 Å². The first-order valence-corrected chi connectivity index (χ1v) is 28.2. The zero-order chi connectivity index (χ0) is 66.7. The molecular formula is C63H56F6N25Pt3-9. The second kappa shape index (κ2) is 33.3. The minimum absolute atomic E-state index is 0. The van der Waals surface area contributed by atoms with Crippen molar-refractivity contribution in [2.45, 2.75) is 40.0 Å². The second-order valence-electron chi connectivity index (χ2n) is 20.5. The number of imidazole rings is 3. The number of aryl methyl sites for hydroxylation is 6. The Bertz CT molecular complexity index is 4320. The fourth-order valence-corrected chi connectivity index (χ4v) is 8.89. The predicted molar refractivity (Wildman–Crippen MR) is 335 cm³/mol. The number of benzene rings is 3. The minimum Gasteiger partial charge on any atom is -0.572 e. The van der Waals surface area contributed by atoms with Gasteiger partial charge in [0.25, 0.3) is 0 Å². The predicted octanol–water partition coefficient (Wildman–Crippen LogP) is 10.0. The van der Waals surface area contributed by atoms with Gasteiger partial charge < -0.3 is 103 Å². The van der Waals surface area contributed by atoms with E-state index in [0.29, 0.717) is 23.3 Å². The fraction of sp³-hybridized carbons (Fsp3) is 0.175. The van der Waals surface area contributed by atoms with Gasteiger partial charge in [0.15, 0.2) is 0 Å². The zero-order valence-corrected chi connectivity index (χ0v) is 59.5. The van der Waals surface area contributed by atoms with Crippen LogP contribution in [0.4, 0.5) is 66.2 Å². The summed E-state index contributed by atoms with van der Waals surface area (Å²) in [4.78, 5) is 52.9. The maximum atomic E-state index is 12.5. The molecule has 0 radical (unpaired) electrons. The molecule has 97 heavy (non-hydrogen) atoms. The normalized spacial score (nSPS) is 12.6. The average Bonchev–Trinajstić information content (AvgIpc) is 1.67. The van der Waals surface area contributed by atoms with Crippen LogP contribution in [0.25, 0.3) is 40.4 Å². The number of hydrogen-bond donors (Lipinski definition) is 0. The molecule has 12 aromatic rings. The summed E-state index contributed by atoms with van der Waals surface area (Å²) in [6.07, 6.45) is 19.0. The zero-order valence-electron chi connectivity index (χ0n) is 52.6. The number of anilines is 7. The van der Waals surface area contributed by atoms with Gasteiger partial charge >= 0.3 is 12.4 Å². The van der Waals surface area contributed by atoms with Crippen LogP contribution in [0.1, 0.15) is 34.7 Å². The molecule has 0 unspecified atom stereocenters. The van der Waals surface area contributed by atoms with Crippen LogP contribution in [-0.4, -0.2) is 105 Å². The summed E-state index contributed by atoms with van der Waals surface area (Å²) in [6, 6.07) is 27.3. The molecule has 0 aliphatic carbocycles. The minimum atomic E-state index is -4.50. The molecule has 25 nitrogen and oxygen atoms in total. The van der Waals surface area contributed by atoms with Crippen LogP contribution in [0.3, 0.4) is 0 Å². The molecule has 0 bridgehead atoms. The van der Waals surface area contributed by atoms with Crippen LogP contribution in [0.5, 0.6) is 0 Å². The Kier molecular flexibility index (Phi) is 25.6. The molecule has 0 atom stereocenters. The first kappa shape index (κ1) is 74.7. The summed E-state index contributed by atoms with van der Waals surface area (Å²) in [5.74, 6) is 4.88. The van der Waals surface area contributed by atoms with E-state index in [1.54, 1.807) is 60.3 Å². The molecule has 9 aromatic heterocycles. The van der Waals surface area contributed by atoms with Crippen molar-refractivity contribution in [2.75, 3.05) is 45.6 Å². The summed E-state index contributed by atoms with van der Waals surface area (Å²) >= 11 is 0. The summed E-state index contributed by atoms with van der Waals surface area (Å²) in [7, 11) is 9.58. The number of nitrogens with zero attached hydrogens (tertiary/aromatic N) is 25. The van der Waals surface area contributed by atoms with E-state index >= 15 is 0 Å². The number of para-hydroxylation sites is 5. The van der Waals surface area contributed by atoms with Crippen molar-refractivity contribution >= 4 is 39.8 Å². The third-order valence-electron chi connectivity index (χ3n) is 13.5. The molecule has 0 N–H and O–H groups in total. The van der Waals surface area contributed by atoms with Crippen molar-refractivity contribution in [3.8, 4) is 40.4 Å². The molecule has 0 fully saturated rings. The number of fused-ring (bicyclic) bond motifs is 2. The van der Waals surface area contributed by atoms with Gasteiger partial charge in [0, 0.05) is 172 Å². The smallest absolute Gasteiger partial charge is 0.431 e. The Morgan fingerprint density at radius 1 is 0.443 bits per heavy atom. The van der Waals surface area contributed by atoms with Gasteiger partial charge in [-0.3, -0.25) is 5.10 Å². The Labute approximate surface area is 597 Å². The van der Waals surface area contributed by atoms with Crippen LogP contribution < -0.4 is 39.8 Å². The van der Waals surface area contributed by atoms with Crippen molar-refractivity contribution in [3.63, 3.8) is 0 Å². The van der Waals surface area contributed by atoms with E-state index in [-0.39, 0.29) is 74.6 Å². The summed E-state index contributed by atoms with van der Waals surface area (Å²) in [6.45, 7) is 13.3. The topological polar surface area (TPSA) is 244 Å². The Hall–Kier alpha value is -9.73. The van der Waals surface area contributed by atoms with E-state index in [2.05, 4.69) is 133 Å². The molecule has 514 valence electrons. The van der Waals surface area contributed by atoms with Gasteiger partial charge in [-0.1, -0.05) is 129 Å². The van der Waals surface area contributed by atoms with Gasteiger partial charge in [-0.2, -0.15) is 46.3 Å². The van der Waals surface area contributed by atoms with Crippen LogP contribution in [0, 0.1) is 66.3 Å². The molecule has 0 saturated heterocycles. The van der Waals surface area contributed by atoms with Crippen LogP contribution in [0.2, 0.25) is 0 Å². The molecule has 0 amide bonds. The average molecular weight is 1860 g/mol. The number of alkyl halides is 6. The van der Waals surface area contributed by atoms with Crippen LogP contribution in [-0.2, 0) is 89.6 Å². The maximum absolute atomic E-state index is 12.5. The van der Waals surface area contributed by atoms with Gasteiger partial charge in [0.2, 0.25) is 0 Å². The van der Waals surface area contributed by atoms with Gasteiger partial charge in [0.05, 0.1) is 0 Å². The van der Waals surface area contributed by atoms with Crippen molar-refractivity contribution in [2.24, 2.45) is 14.1 Å². The number of aromatic nitrogens is 19. The Balaban J connectivity index is 0.000000164. The van der Waals surface area contributed by atoms with Gasteiger partial charge in [-0.05, 0) is 89.0 Å². The molecule has 34 heteroatoms. The van der Waals surface area contributed by atoms with Gasteiger partial charge in [-0.15, -0.1) is 0 Å². The summed E-state index contributed by atoms with van der Waals surface area (Å²) in [5.41, 5.74) is 6.12. The van der Waals surface area contributed by atoms with Gasteiger partial charge in [-0.25, -0.2) is 15.0 Å². The van der Waals surface area contributed by atoms with E-state index in [1.165, 1.54) is 23.8 Å². The standard InChI is InChI=1S/C13H8F3N4.2C13H12N4.C9H10N4.C8H6F3N4.C7H8N5.3Pt/c14-13(15,16)11-8-10(18-19-11)12-17-6-7-20(12)9-4-2-1-3-5-9;2*1-10-14-7-11(8-15-10)17-9-16(2)12-5-3-4-6-13(12)17;1-8-10-5-9(6-11-8)13-4-3-12(2)7-13;1-15-3-2-12-7(15)5-4-6(14-13-5)8(9,10)11;1-5-9-6(11-10-5)7-8-3-4-12(7)2;;;/h1-8H;2*3-7,9H,1-2H3;3-5,7H,1-2H3;2-4H,1H3;3-4H,1-2H3;;;/q-1;3*-2;2*-1;;;. The molecule has 12 heterocycles. The second-order valence-corrected chi connectivity index (χ2v) is 20.5. The first-order valence-electron chi connectivity index (χ1n) is 28.2. The van der Waals surface area contributed by atoms with E-state index in [0.717, 1.165) is 69.6 Å². The fourth-order valence-electron chi connectivity index (χ4n) is 8.89. The Morgan fingerprint density at radius 3 is 1.28 bits per heavy atom. The largest absolute Gasteiger partial charge is 0.572 e.